The second-order valence-electron chi connectivity index (χ2n) is 6.86. The van der Waals surface area contributed by atoms with Crippen molar-refractivity contribution >= 4 is 17.5 Å². The number of benzene rings is 1. The molecule has 0 aliphatic carbocycles. The van der Waals surface area contributed by atoms with Crippen molar-refractivity contribution in [2.24, 2.45) is 0 Å². The summed E-state index contributed by atoms with van der Waals surface area (Å²) in [5.74, 6) is 0.886. The Morgan fingerprint density at radius 2 is 1.79 bits per heavy atom. The summed E-state index contributed by atoms with van der Waals surface area (Å²) in [5, 5.41) is 0. The molecule has 24 heavy (non-hydrogen) atoms. The van der Waals surface area contributed by atoms with E-state index in [1.165, 1.54) is 6.42 Å². The highest BCUT2D eigenvalue weighted by Crippen LogP contribution is 2.25. The standard InChI is InChI=1S/C19H26N2O3/c1-14-5-3-6-15(2)21(14)19(23)13-24-17-10-8-16(9-11-17)20-12-4-7-18(20)22/h8-11,14-15H,3-7,12-13H2,1-2H3. The number of carbonyl (C=O) groups excluding carboxylic acids is 2. The highest BCUT2D eigenvalue weighted by atomic mass is 16.5. The molecule has 0 aromatic heterocycles. The van der Waals surface area contributed by atoms with Gasteiger partial charge < -0.3 is 14.5 Å². The van der Waals surface area contributed by atoms with Crippen molar-refractivity contribution in [3.8, 4) is 5.75 Å². The number of ether oxygens (including phenoxy) is 1. The Morgan fingerprint density at radius 3 is 2.38 bits per heavy atom. The largest absolute Gasteiger partial charge is 0.484 e. The van der Waals surface area contributed by atoms with E-state index in [1.54, 1.807) is 4.90 Å². The fraction of sp³-hybridized carbons (Fsp3) is 0.579. The second kappa shape index (κ2) is 7.24. The number of amides is 2. The van der Waals surface area contributed by atoms with E-state index in [-0.39, 0.29) is 30.5 Å². The van der Waals surface area contributed by atoms with Gasteiger partial charge >= 0.3 is 0 Å². The van der Waals surface area contributed by atoms with E-state index in [9.17, 15) is 9.59 Å². The predicted molar refractivity (Wildman–Crippen MR) is 93.1 cm³/mol. The van der Waals surface area contributed by atoms with Crippen LogP contribution in [0.15, 0.2) is 24.3 Å². The summed E-state index contributed by atoms with van der Waals surface area (Å²) in [4.78, 5) is 28.0. The van der Waals surface area contributed by atoms with Crippen molar-refractivity contribution in [3.05, 3.63) is 24.3 Å². The van der Waals surface area contributed by atoms with E-state index in [0.29, 0.717) is 12.2 Å². The smallest absolute Gasteiger partial charge is 0.260 e. The minimum absolute atomic E-state index is 0.0495. The van der Waals surface area contributed by atoms with Gasteiger partial charge in [0.05, 0.1) is 0 Å². The van der Waals surface area contributed by atoms with E-state index < -0.39 is 0 Å². The topological polar surface area (TPSA) is 49.9 Å². The number of nitrogens with zero attached hydrogens (tertiary/aromatic N) is 2. The highest BCUT2D eigenvalue weighted by Gasteiger charge is 2.29. The maximum Gasteiger partial charge on any atom is 0.260 e. The molecule has 0 N–H and O–H groups in total. The number of rotatable bonds is 4. The number of hydrogen-bond acceptors (Lipinski definition) is 3. The fourth-order valence-electron chi connectivity index (χ4n) is 3.78. The molecule has 130 valence electrons. The number of likely N-dealkylation sites (tertiary alicyclic amines) is 1. The van der Waals surface area contributed by atoms with Gasteiger partial charge in [0.15, 0.2) is 6.61 Å². The lowest BCUT2D eigenvalue weighted by Gasteiger charge is -2.38. The Labute approximate surface area is 143 Å². The molecule has 5 nitrogen and oxygen atoms in total. The zero-order valence-electron chi connectivity index (χ0n) is 14.5. The van der Waals surface area contributed by atoms with Crippen LogP contribution in [-0.2, 0) is 9.59 Å². The Balaban J connectivity index is 1.56. The molecule has 2 heterocycles. The highest BCUT2D eigenvalue weighted by molar-refractivity contribution is 5.95. The minimum Gasteiger partial charge on any atom is -0.484 e. The first-order chi connectivity index (χ1) is 11.6. The first kappa shape index (κ1) is 16.8. The van der Waals surface area contributed by atoms with Gasteiger partial charge in [0.25, 0.3) is 5.91 Å². The molecule has 2 aliphatic heterocycles. The molecule has 3 rings (SSSR count). The van der Waals surface area contributed by atoms with Gasteiger partial charge in [0.1, 0.15) is 5.75 Å². The van der Waals surface area contributed by atoms with Crippen LogP contribution in [0.4, 0.5) is 5.69 Å². The Kier molecular flexibility index (Phi) is 5.07. The van der Waals surface area contributed by atoms with Crippen LogP contribution in [0.5, 0.6) is 5.75 Å². The lowest BCUT2D eigenvalue weighted by Crippen LogP contribution is -2.49. The van der Waals surface area contributed by atoms with Crippen molar-refractivity contribution in [1.29, 1.82) is 0 Å². The molecule has 2 saturated heterocycles. The van der Waals surface area contributed by atoms with Gasteiger partial charge in [-0.25, -0.2) is 0 Å². The van der Waals surface area contributed by atoms with E-state index in [1.807, 2.05) is 29.2 Å². The summed E-state index contributed by atoms with van der Waals surface area (Å²) in [6.07, 6.45) is 4.85. The minimum atomic E-state index is 0.0495. The number of piperidine rings is 1. The number of hydrogen-bond donors (Lipinski definition) is 0. The van der Waals surface area contributed by atoms with Crippen LogP contribution in [0, 0.1) is 0 Å². The predicted octanol–water partition coefficient (Wildman–Crippen LogP) is 2.98. The van der Waals surface area contributed by atoms with E-state index in [2.05, 4.69) is 13.8 Å². The molecule has 0 radical (unpaired) electrons. The summed E-state index contributed by atoms with van der Waals surface area (Å²) in [5.41, 5.74) is 0.898. The van der Waals surface area contributed by atoms with Crippen LogP contribution in [0.3, 0.4) is 0 Å². The maximum absolute atomic E-state index is 12.5. The molecule has 1 aromatic carbocycles. The Bertz CT molecular complexity index is 589. The number of carbonyl (C=O) groups is 2. The lowest BCUT2D eigenvalue weighted by atomic mass is 9.97. The quantitative estimate of drug-likeness (QED) is 0.853. The van der Waals surface area contributed by atoms with Gasteiger partial charge in [0, 0.05) is 30.7 Å². The van der Waals surface area contributed by atoms with Gasteiger partial charge in [0.2, 0.25) is 5.91 Å². The van der Waals surface area contributed by atoms with Crippen molar-refractivity contribution in [1.82, 2.24) is 4.90 Å². The van der Waals surface area contributed by atoms with Crippen molar-refractivity contribution in [3.63, 3.8) is 0 Å². The van der Waals surface area contributed by atoms with Crippen molar-refractivity contribution in [2.45, 2.75) is 58.0 Å². The molecular weight excluding hydrogens is 304 g/mol. The van der Waals surface area contributed by atoms with E-state index in [4.69, 9.17) is 4.74 Å². The molecule has 0 saturated carbocycles. The van der Waals surface area contributed by atoms with Gasteiger partial charge in [-0.05, 0) is 63.8 Å². The Morgan fingerprint density at radius 1 is 1.12 bits per heavy atom. The van der Waals surface area contributed by atoms with E-state index in [0.717, 1.165) is 31.5 Å². The van der Waals surface area contributed by atoms with Gasteiger partial charge in [-0.1, -0.05) is 0 Å². The molecule has 0 bridgehead atoms. The van der Waals surface area contributed by atoms with Crippen LogP contribution in [0.2, 0.25) is 0 Å². The first-order valence-corrected chi connectivity index (χ1v) is 8.90. The lowest BCUT2D eigenvalue weighted by molar-refractivity contribution is -0.139. The van der Waals surface area contributed by atoms with Crippen molar-refractivity contribution < 1.29 is 14.3 Å². The SMILES string of the molecule is CC1CCCC(C)N1C(=O)COc1ccc(N2CCCC2=O)cc1. The van der Waals surface area contributed by atoms with Crippen LogP contribution in [0.1, 0.15) is 46.0 Å². The average Bonchev–Trinajstić information content (AvgIpc) is 2.99. The zero-order valence-corrected chi connectivity index (χ0v) is 14.5. The van der Waals surface area contributed by atoms with Crippen LogP contribution >= 0.6 is 0 Å². The number of anilines is 1. The summed E-state index contributed by atoms with van der Waals surface area (Å²) < 4.78 is 5.67. The molecule has 2 fully saturated rings. The summed E-state index contributed by atoms with van der Waals surface area (Å²) in [7, 11) is 0. The molecule has 2 amide bonds. The molecule has 2 unspecified atom stereocenters. The molecule has 1 aromatic rings. The third kappa shape index (κ3) is 3.55. The van der Waals surface area contributed by atoms with E-state index >= 15 is 0 Å². The summed E-state index contributed by atoms with van der Waals surface area (Å²) in [6.45, 7) is 5.06. The van der Waals surface area contributed by atoms with Gasteiger partial charge in [-0.2, -0.15) is 0 Å². The third-order valence-corrected chi connectivity index (χ3v) is 5.07. The van der Waals surface area contributed by atoms with Crippen LogP contribution < -0.4 is 9.64 Å². The molecular formula is C19H26N2O3. The monoisotopic (exact) mass is 330 g/mol. The molecule has 2 aliphatic rings. The van der Waals surface area contributed by atoms with Crippen LogP contribution in [-0.4, -0.2) is 41.9 Å². The second-order valence-corrected chi connectivity index (χ2v) is 6.86. The molecule has 5 heteroatoms. The van der Waals surface area contributed by atoms with Crippen molar-refractivity contribution in [2.75, 3.05) is 18.1 Å². The Hall–Kier alpha value is -2.04. The molecule has 0 spiro atoms. The summed E-state index contributed by atoms with van der Waals surface area (Å²) >= 11 is 0. The van der Waals surface area contributed by atoms with Gasteiger partial charge in [-0.15, -0.1) is 0 Å². The zero-order chi connectivity index (χ0) is 17.1. The average molecular weight is 330 g/mol. The molecule has 2 atom stereocenters. The summed E-state index contributed by atoms with van der Waals surface area (Å²) in [6, 6.07) is 8.00. The third-order valence-electron chi connectivity index (χ3n) is 5.07. The normalized spacial score (nSPS) is 24.3. The van der Waals surface area contributed by atoms with Crippen LogP contribution in [0.25, 0.3) is 0 Å². The fourth-order valence-corrected chi connectivity index (χ4v) is 3.78. The van der Waals surface area contributed by atoms with Gasteiger partial charge in [-0.3, -0.25) is 9.59 Å². The maximum atomic E-state index is 12.5. The first-order valence-electron chi connectivity index (χ1n) is 8.90.